The van der Waals surface area contributed by atoms with Crippen LogP contribution in [0.4, 0.5) is 0 Å². The molecule has 5 nitrogen and oxygen atoms in total. The lowest BCUT2D eigenvalue weighted by Crippen LogP contribution is -2.10. The van der Waals surface area contributed by atoms with Crippen LogP contribution in [0.5, 0.6) is 11.5 Å². The molecule has 2 rings (SSSR count). The molecule has 2 aromatic carbocycles. The molecule has 0 saturated carbocycles. The molecule has 0 bridgehead atoms. The first-order valence-electron chi connectivity index (χ1n) is 7.76. The van der Waals surface area contributed by atoms with Gasteiger partial charge in [0, 0.05) is 19.4 Å². The number of rotatable bonds is 6. The van der Waals surface area contributed by atoms with Crippen molar-refractivity contribution in [3.8, 4) is 11.5 Å². The van der Waals surface area contributed by atoms with Gasteiger partial charge in [-0.25, -0.2) is 0 Å². The summed E-state index contributed by atoms with van der Waals surface area (Å²) >= 11 is 0. The maximum absolute atomic E-state index is 11.5. The number of benzene rings is 2. The van der Waals surface area contributed by atoms with E-state index in [0.29, 0.717) is 17.1 Å². The van der Waals surface area contributed by atoms with Crippen molar-refractivity contribution in [2.45, 2.75) is 20.0 Å². The molecule has 2 aromatic rings. The molecule has 0 aliphatic carbocycles. The third kappa shape index (κ3) is 5.49. The lowest BCUT2D eigenvalue weighted by atomic mass is 10.1. The highest BCUT2D eigenvalue weighted by atomic mass is 16.6. The molecule has 0 spiro atoms. The largest absolute Gasteiger partial charge is 0.497 e. The van der Waals surface area contributed by atoms with Gasteiger partial charge in [0.1, 0.15) is 17.6 Å². The molecule has 0 amide bonds. The van der Waals surface area contributed by atoms with Gasteiger partial charge in [0.25, 0.3) is 0 Å². The Hall–Kier alpha value is -3.08. The van der Waals surface area contributed by atoms with E-state index in [4.69, 9.17) is 14.2 Å². The van der Waals surface area contributed by atoms with Crippen LogP contribution >= 0.6 is 0 Å². The topological polar surface area (TPSA) is 61.8 Å². The zero-order chi connectivity index (χ0) is 18.2. The Morgan fingerprint density at radius 1 is 1.00 bits per heavy atom. The van der Waals surface area contributed by atoms with E-state index in [-0.39, 0.29) is 0 Å². The van der Waals surface area contributed by atoms with Crippen molar-refractivity contribution in [3.63, 3.8) is 0 Å². The predicted molar refractivity (Wildman–Crippen MR) is 94.3 cm³/mol. The van der Waals surface area contributed by atoms with Crippen LogP contribution in [0, 0.1) is 0 Å². The number of hydrogen-bond donors (Lipinski definition) is 0. The fourth-order valence-corrected chi connectivity index (χ4v) is 2.27. The molecular weight excluding hydrogens is 320 g/mol. The second-order valence-corrected chi connectivity index (χ2v) is 5.30. The van der Waals surface area contributed by atoms with E-state index in [9.17, 15) is 9.59 Å². The molecule has 0 aliphatic rings. The van der Waals surface area contributed by atoms with Gasteiger partial charge in [0.05, 0.1) is 7.11 Å². The van der Waals surface area contributed by atoms with Gasteiger partial charge in [-0.05, 0) is 29.8 Å². The standard InChI is InChI=1S/C20H20O5/c1-14(21)24-19(11-9-16-7-5-4-6-8-16)18-13-17(23-3)10-12-20(18)25-15(2)22/h4-13,19H,1-3H3/b11-9+. The van der Waals surface area contributed by atoms with Crippen molar-refractivity contribution in [1.82, 2.24) is 0 Å². The minimum atomic E-state index is -0.720. The fraction of sp³-hybridized carbons (Fsp3) is 0.200. The SMILES string of the molecule is COc1ccc(OC(C)=O)c(C(/C=C/c2ccccc2)OC(C)=O)c1. The molecule has 0 heterocycles. The Labute approximate surface area is 146 Å². The fourth-order valence-electron chi connectivity index (χ4n) is 2.27. The molecule has 1 atom stereocenters. The smallest absolute Gasteiger partial charge is 0.308 e. The number of carbonyl (C=O) groups excluding carboxylic acids is 2. The van der Waals surface area contributed by atoms with Crippen molar-refractivity contribution in [2.24, 2.45) is 0 Å². The van der Waals surface area contributed by atoms with E-state index in [1.807, 2.05) is 36.4 Å². The summed E-state index contributed by atoms with van der Waals surface area (Å²) in [6.07, 6.45) is 2.85. The molecule has 25 heavy (non-hydrogen) atoms. The molecule has 5 heteroatoms. The Balaban J connectivity index is 2.43. The van der Waals surface area contributed by atoms with E-state index >= 15 is 0 Å². The molecule has 0 aliphatic heterocycles. The van der Waals surface area contributed by atoms with Crippen molar-refractivity contribution in [3.05, 3.63) is 65.7 Å². The van der Waals surface area contributed by atoms with Gasteiger partial charge in [-0.15, -0.1) is 0 Å². The van der Waals surface area contributed by atoms with Gasteiger partial charge in [0.2, 0.25) is 0 Å². The first kappa shape index (κ1) is 18.3. The van der Waals surface area contributed by atoms with Gasteiger partial charge in [-0.3, -0.25) is 9.59 Å². The van der Waals surface area contributed by atoms with Crippen LogP contribution in [-0.4, -0.2) is 19.0 Å². The maximum Gasteiger partial charge on any atom is 0.308 e. The van der Waals surface area contributed by atoms with Crippen LogP contribution in [0.15, 0.2) is 54.6 Å². The maximum atomic E-state index is 11.5. The summed E-state index contributed by atoms with van der Waals surface area (Å²) in [7, 11) is 1.53. The van der Waals surface area contributed by atoms with Crippen molar-refractivity contribution in [1.29, 1.82) is 0 Å². The molecule has 0 fully saturated rings. The minimum Gasteiger partial charge on any atom is -0.497 e. The van der Waals surface area contributed by atoms with Gasteiger partial charge >= 0.3 is 11.9 Å². The van der Waals surface area contributed by atoms with Crippen LogP contribution < -0.4 is 9.47 Å². The number of carbonyl (C=O) groups is 2. The second kappa shape index (κ2) is 8.68. The van der Waals surface area contributed by atoms with Crippen LogP contribution in [0.25, 0.3) is 6.08 Å². The molecule has 0 aromatic heterocycles. The normalized spacial score (nSPS) is 11.8. The Bertz CT molecular complexity index is 765. The average Bonchev–Trinajstić information content (AvgIpc) is 2.59. The van der Waals surface area contributed by atoms with E-state index in [2.05, 4.69) is 0 Å². The minimum absolute atomic E-state index is 0.317. The van der Waals surface area contributed by atoms with Crippen molar-refractivity contribution >= 4 is 18.0 Å². The number of ether oxygens (including phenoxy) is 3. The zero-order valence-corrected chi connectivity index (χ0v) is 14.4. The summed E-state index contributed by atoms with van der Waals surface area (Å²) < 4.78 is 15.9. The molecular formula is C20H20O5. The summed E-state index contributed by atoms with van der Waals surface area (Å²) in [4.78, 5) is 22.9. The van der Waals surface area contributed by atoms with Gasteiger partial charge in [-0.1, -0.05) is 36.4 Å². The summed E-state index contributed by atoms with van der Waals surface area (Å²) in [5.41, 5.74) is 1.48. The van der Waals surface area contributed by atoms with Gasteiger partial charge in [-0.2, -0.15) is 0 Å². The lowest BCUT2D eigenvalue weighted by molar-refractivity contribution is -0.144. The summed E-state index contributed by atoms with van der Waals surface area (Å²) in [5, 5.41) is 0. The summed E-state index contributed by atoms with van der Waals surface area (Å²) in [6, 6.07) is 14.6. The molecule has 130 valence electrons. The second-order valence-electron chi connectivity index (χ2n) is 5.30. The lowest BCUT2D eigenvalue weighted by Gasteiger charge is -2.18. The summed E-state index contributed by atoms with van der Waals surface area (Å²) in [5.74, 6) is -0.0206. The van der Waals surface area contributed by atoms with Gasteiger partial charge in [0.15, 0.2) is 0 Å². The third-order valence-corrected chi connectivity index (χ3v) is 3.33. The average molecular weight is 340 g/mol. The van der Waals surface area contributed by atoms with E-state index in [1.54, 1.807) is 24.3 Å². The Kier molecular flexibility index (Phi) is 6.34. The van der Waals surface area contributed by atoms with Crippen molar-refractivity contribution in [2.75, 3.05) is 7.11 Å². The highest BCUT2D eigenvalue weighted by Gasteiger charge is 2.19. The molecule has 1 unspecified atom stereocenters. The van der Waals surface area contributed by atoms with E-state index < -0.39 is 18.0 Å². The van der Waals surface area contributed by atoms with E-state index in [0.717, 1.165) is 5.56 Å². The first-order chi connectivity index (χ1) is 12.0. The quantitative estimate of drug-likeness (QED) is 0.589. The Morgan fingerprint density at radius 3 is 2.32 bits per heavy atom. The number of esters is 2. The summed E-state index contributed by atoms with van der Waals surface area (Å²) in [6.45, 7) is 2.64. The third-order valence-electron chi connectivity index (χ3n) is 3.33. The van der Waals surface area contributed by atoms with Crippen LogP contribution in [-0.2, 0) is 14.3 Å². The van der Waals surface area contributed by atoms with Crippen molar-refractivity contribution < 1.29 is 23.8 Å². The Morgan fingerprint density at radius 2 is 1.72 bits per heavy atom. The highest BCUT2D eigenvalue weighted by Crippen LogP contribution is 2.33. The van der Waals surface area contributed by atoms with Crippen LogP contribution in [0.3, 0.4) is 0 Å². The first-order valence-corrected chi connectivity index (χ1v) is 7.76. The van der Waals surface area contributed by atoms with Crippen LogP contribution in [0.2, 0.25) is 0 Å². The highest BCUT2D eigenvalue weighted by molar-refractivity contribution is 5.71. The monoisotopic (exact) mass is 340 g/mol. The van der Waals surface area contributed by atoms with E-state index in [1.165, 1.54) is 21.0 Å². The number of methoxy groups -OCH3 is 1. The zero-order valence-electron chi connectivity index (χ0n) is 14.4. The van der Waals surface area contributed by atoms with Gasteiger partial charge < -0.3 is 14.2 Å². The number of hydrogen-bond acceptors (Lipinski definition) is 5. The molecule has 0 saturated heterocycles. The molecule has 0 radical (unpaired) electrons. The predicted octanol–water partition coefficient (Wildman–Crippen LogP) is 3.94. The molecule has 0 N–H and O–H groups in total. The van der Waals surface area contributed by atoms with Crippen LogP contribution in [0.1, 0.15) is 31.1 Å².